The van der Waals surface area contributed by atoms with Crippen molar-refractivity contribution in [2.24, 2.45) is 0 Å². The van der Waals surface area contributed by atoms with Gasteiger partial charge in [-0.2, -0.15) is 0 Å². The Morgan fingerprint density at radius 3 is 2.53 bits per heavy atom. The molecule has 0 bridgehead atoms. The number of sulfonamides is 1. The van der Waals surface area contributed by atoms with Gasteiger partial charge in [0.05, 0.1) is 5.75 Å². The molecule has 0 aromatic rings. The minimum atomic E-state index is -3.26. The second kappa shape index (κ2) is 6.13. The van der Waals surface area contributed by atoms with Crippen LogP contribution in [-0.2, 0) is 14.8 Å². The molecule has 17 heavy (non-hydrogen) atoms. The van der Waals surface area contributed by atoms with E-state index < -0.39 is 10.0 Å². The summed E-state index contributed by atoms with van der Waals surface area (Å²) in [6.07, 6.45) is 0. The molecule has 0 aliphatic carbocycles. The van der Waals surface area contributed by atoms with Crippen molar-refractivity contribution in [1.82, 2.24) is 15.4 Å². The second-order valence-corrected chi connectivity index (χ2v) is 5.83. The van der Waals surface area contributed by atoms with E-state index in [2.05, 4.69) is 15.4 Å². The summed E-state index contributed by atoms with van der Waals surface area (Å²) in [5.74, 6) is -0.277. The molecule has 1 aliphatic heterocycles. The number of carbonyl (C=O) groups is 1. The summed E-state index contributed by atoms with van der Waals surface area (Å²) in [7, 11) is -3.26. The molecule has 7 heteroatoms. The molecule has 1 saturated heterocycles. The van der Waals surface area contributed by atoms with Crippen LogP contribution in [0.1, 0.15) is 13.8 Å². The van der Waals surface area contributed by atoms with E-state index in [1.807, 2.05) is 0 Å². The normalized spacial score (nSPS) is 15.3. The van der Waals surface area contributed by atoms with Crippen LogP contribution >= 0.6 is 0 Å². The van der Waals surface area contributed by atoms with Gasteiger partial charge in [-0.15, -0.1) is 0 Å². The van der Waals surface area contributed by atoms with Crippen molar-refractivity contribution in [3.63, 3.8) is 0 Å². The molecule has 1 aliphatic rings. The molecule has 0 aromatic heterocycles. The van der Waals surface area contributed by atoms with Crippen molar-refractivity contribution in [2.45, 2.75) is 13.8 Å². The quantitative estimate of drug-likeness (QED) is 0.533. The van der Waals surface area contributed by atoms with Gasteiger partial charge in [-0.3, -0.25) is 4.79 Å². The van der Waals surface area contributed by atoms with Gasteiger partial charge in [0, 0.05) is 31.8 Å². The van der Waals surface area contributed by atoms with Gasteiger partial charge < -0.3 is 10.6 Å². The zero-order chi connectivity index (χ0) is 12.9. The lowest BCUT2D eigenvalue weighted by Gasteiger charge is -2.21. The summed E-state index contributed by atoms with van der Waals surface area (Å²) in [5.41, 5.74) is 1.77. The number of hydrogen-bond acceptors (Lipinski definition) is 4. The van der Waals surface area contributed by atoms with Crippen molar-refractivity contribution in [3.05, 3.63) is 11.1 Å². The van der Waals surface area contributed by atoms with E-state index in [1.54, 1.807) is 13.8 Å². The van der Waals surface area contributed by atoms with Gasteiger partial charge in [-0.1, -0.05) is 6.92 Å². The van der Waals surface area contributed by atoms with Gasteiger partial charge >= 0.3 is 0 Å². The molecule has 98 valence electrons. The monoisotopic (exact) mass is 261 g/mol. The highest BCUT2D eigenvalue weighted by atomic mass is 32.2. The van der Waals surface area contributed by atoms with Gasteiger partial charge in [0.15, 0.2) is 0 Å². The summed E-state index contributed by atoms with van der Waals surface area (Å²) in [6.45, 7) is 5.46. The van der Waals surface area contributed by atoms with E-state index in [1.165, 1.54) is 0 Å². The van der Waals surface area contributed by atoms with Crippen LogP contribution in [0.2, 0.25) is 0 Å². The van der Waals surface area contributed by atoms with Crippen molar-refractivity contribution >= 4 is 15.9 Å². The number of hydrogen-bond donors (Lipinski definition) is 3. The van der Waals surface area contributed by atoms with Crippen LogP contribution in [0.3, 0.4) is 0 Å². The zero-order valence-corrected chi connectivity index (χ0v) is 11.0. The molecule has 1 amide bonds. The summed E-state index contributed by atoms with van der Waals surface area (Å²) < 4.78 is 25.0. The maximum Gasteiger partial charge on any atom is 0.246 e. The van der Waals surface area contributed by atoms with E-state index in [0.29, 0.717) is 12.1 Å². The Bertz CT molecular complexity index is 409. The standard InChI is InChI=1S/C10H19N3O3S/c1-3-13-17(15,16)5-4-12-10(14)8(2)9-6-11-7-9/h11,13H,3-7H2,1-2H3,(H,12,14). The molecule has 0 atom stereocenters. The average molecular weight is 261 g/mol. The molecule has 0 radical (unpaired) electrons. The van der Waals surface area contributed by atoms with E-state index in [9.17, 15) is 13.2 Å². The summed E-state index contributed by atoms with van der Waals surface area (Å²) >= 11 is 0. The molecule has 1 rings (SSSR count). The Morgan fingerprint density at radius 1 is 1.41 bits per heavy atom. The highest BCUT2D eigenvalue weighted by Crippen LogP contribution is 2.08. The van der Waals surface area contributed by atoms with Crippen LogP contribution in [-0.4, -0.2) is 46.3 Å². The van der Waals surface area contributed by atoms with Gasteiger partial charge in [-0.25, -0.2) is 13.1 Å². The number of rotatable bonds is 6. The van der Waals surface area contributed by atoms with E-state index in [0.717, 1.165) is 18.7 Å². The molecule has 1 fully saturated rings. The SMILES string of the molecule is CCNS(=O)(=O)CCNC(=O)C(C)=C1CNC1. The zero-order valence-electron chi connectivity index (χ0n) is 10.2. The maximum atomic E-state index is 11.6. The van der Waals surface area contributed by atoms with Crippen LogP contribution in [0.15, 0.2) is 11.1 Å². The van der Waals surface area contributed by atoms with Crippen LogP contribution < -0.4 is 15.4 Å². The van der Waals surface area contributed by atoms with Crippen molar-refractivity contribution in [3.8, 4) is 0 Å². The molecule has 0 unspecified atom stereocenters. The van der Waals surface area contributed by atoms with E-state index in [4.69, 9.17) is 0 Å². The highest BCUT2D eigenvalue weighted by molar-refractivity contribution is 7.89. The molecule has 0 saturated carbocycles. The van der Waals surface area contributed by atoms with Gasteiger partial charge in [-0.05, 0) is 12.5 Å². The lowest BCUT2D eigenvalue weighted by atomic mass is 10.0. The van der Waals surface area contributed by atoms with Crippen LogP contribution in [0.25, 0.3) is 0 Å². The third-order valence-electron chi connectivity index (χ3n) is 2.57. The van der Waals surface area contributed by atoms with Gasteiger partial charge in [0.1, 0.15) is 0 Å². The molecule has 3 N–H and O–H groups in total. The Labute approximate surface area is 102 Å². The highest BCUT2D eigenvalue weighted by Gasteiger charge is 2.16. The largest absolute Gasteiger partial charge is 0.351 e. The Hall–Kier alpha value is -0.920. The minimum absolute atomic E-state index is 0.0898. The second-order valence-electron chi connectivity index (χ2n) is 3.90. The first-order chi connectivity index (χ1) is 7.96. The topological polar surface area (TPSA) is 87.3 Å². The van der Waals surface area contributed by atoms with E-state index >= 15 is 0 Å². The Morgan fingerprint density at radius 2 is 2.06 bits per heavy atom. The fourth-order valence-corrected chi connectivity index (χ4v) is 2.35. The van der Waals surface area contributed by atoms with Gasteiger partial charge in [0.25, 0.3) is 0 Å². The fourth-order valence-electron chi connectivity index (χ4n) is 1.40. The molecule has 0 aromatic carbocycles. The predicted molar refractivity (Wildman–Crippen MR) is 66.0 cm³/mol. The third-order valence-corrected chi connectivity index (χ3v) is 4.04. The summed E-state index contributed by atoms with van der Waals surface area (Å²) in [6, 6.07) is 0. The molecular formula is C10H19N3O3S. The molecule has 6 nitrogen and oxygen atoms in total. The fraction of sp³-hybridized carbons (Fsp3) is 0.700. The molecule has 1 heterocycles. The smallest absolute Gasteiger partial charge is 0.246 e. The van der Waals surface area contributed by atoms with Gasteiger partial charge in [0.2, 0.25) is 15.9 Å². The maximum absolute atomic E-state index is 11.6. The van der Waals surface area contributed by atoms with Crippen molar-refractivity contribution in [2.75, 3.05) is 31.9 Å². The first-order valence-electron chi connectivity index (χ1n) is 5.61. The Kier molecular flexibility index (Phi) is 5.10. The number of amides is 1. The summed E-state index contributed by atoms with van der Waals surface area (Å²) in [5, 5.41) is 5.65. The van der Waals surface area contributed by atoms with Crippen LogP contribution in [0, 0.1) is 0 Å². The Balaban J connectivity index is 2.34. The van der Waals surface area contributed by atoms with E-state index in [-0.39, 0.29) is 18.2 Å². The lowest BCUT2D eigenvalue weighted by Crippen LogP contribution is -2.39. The number of nitrogens with one attached hydrogen (secondary N) is 3. The lowest BCUT2D eigenvalue weighted by molar-refractivity contribution is -0.117. The van der Waals surface area contributed by atoms with Crippen LogP contribution in [0.5, 0.6) is 0 Å². The first-order valence-corrected chi connectivity index (χ1v) is 7.26. The van der Waals surface area contributed by atoms with Crippen molar-refractivity contribution in [1.29, 1.82) is 0 Å². The van der Waals surface area contributed by atoms with Crippen LogP contribution in [0.4, 0.5) is 0 Å². The molecule has 0 spiro atoms. The van der Waals surface area contributed by atoms with Crippen molar-refractivity contribution < 1.29 is 13.2 Å². The number of carbonyl (C=O) groups excluding carboxylic acids is 1. The third kappa shape index (κ3) is 4.45. The average Bonchev–Trinajstić information content (AvgIpc) is 2.14. The summed E-state index contributed by atoms with van der Waals surface area (Å²) in [4.78, 5) is 11.6. The predicted octanol–water partition coefficient (Wildman–Crippen LogP) is -1.04. The minimum Gasteiger partial charge on any atom is -0.351 e. The first kappa shape index (κ1) is 14.1. The molecular weight excluding hydrogens is 242 g/mol.